The van der Waals surface area contributed by atoms with Gasteiger partial charge in [0.25, 0.3) is 0 Å². The Morgan fingerprint density at radius 1 is 0.711 bits per heavy atom. The first-order valence-electron chi connectivity index (χ1n) is 12.8. The molecule has 0 aliphatic carbocycles. The first-order valence-corrected chi connectivity index (χ1v) is 15.9. The molecule has 0 bridgehead atoms. The highest BCUT2D eigenvalue weighted by Gasteiger charge is 2.27. The first kappa shape index (κ1) is 31.9. The molecular formula is C26H38N2O8P2. The number of carbonyl (C=O) groups is 2. The van der Waals surface area contributed by atoms with E-state index in [1.807, 2.05) is 0 Å². The summed E-state index contributed by atoms with van der Waals surface area (Å²) in [6.45, 7) is 4.97. The van der Waals surface area contributed by atoms with Gasteiger partial charge in [0.15, 0.2) is 0 Å². The minimum absolute atomic E-state index is 0.115. The lowest BCUT2D eigenvalue weighted by Crippen LogP contribution is -2.24. The maximum Gasteiger partial charge on any atom is 0.361 e. The van der Waals surface area contributed by atoms with Gasteiger partial charge in [-0.1, -0.05) is 37.8 Å². The summed E-state index contributed by atoms with van der Waals surface area (Å²) in [5.74, 6) is 0. The molecular weight excluding hydrogens is 530 g/mol. The number of benzene rings is 2. The second kappa shape index (κ2) is 15.9. The third-order valence-corrected chi connectivity index (χ3v) is 8.93. The van der Waals surface area contributed by atoms with Gasteiger partial charge < -0.3 is 28.6 Å². The topological polar surface area (TPSA) is 134 Å². The maximum absolute atomic E-state index is 13.1. The van der Waals surface area contributed by atoms with Gasteiger partial charge in [-0.25, -0.2) is 0 Å². The molecule has 0 aliphatic rings. The average Bonchev–Trinajstić information content (AvgIpc) is 2.90. The Morgan fingerprint density at radius 2 is 1.13 bits per heavy atom. The van der Waals surface area contributed by atoms with Gasteiger partial charge in [0.05, 0.1) is 23.8 Å². The van der Waals surface area contributed by atoms with Crippen LogP contribution < -0.4 is 20.4 Å². The summed E-state index contributed by atoms with van der Waals surface area (Å²) in [5.41, 5.74) is 1.09. The Kier molecular flexibility index (Phi) is 13.4. The molecule has 2 N–H and O–H groups in total. The van der Waals surface area contributed by atoms with Gasteiger partial charge in [-0.15, -0.1) is 0 Å². The van der Waals surface area contributed by atoms with Gasteiger partial charge in [0.2, 0.25) is 12.8 Å². The largest absolute Gasteiger partial charge is 0.361 e. The van der Waals surface area contributed by atoms with E-state index in [1.165, 1.54) is 23.1 Å². The molecule has 12 heteroatoms. The quantitative estimate of drug-likeness (QED) is 0.145. The zero-order valence-corrected chi connectivity index (χ0v) is 23.8. The number of hydrogen-bond acceptors (Lipinski definition) is 6. The third-order valence-electron chi connectivity index (χ3n) is 5.88. The maximum atomic E-state index is 13.1. The monoisotopic (exact) mass is 568 g/mol. The van der Waals surface area contributed by atoms with Gasteiger partial charge in [-0.2, -0.15) is 0 Å². The van der Waals surface area contributed by atoms with Gasteiger partial charge in [-0.3, -0.25) is 18.7 Å². The fraction of sp³-hybridized carbons (Fsp3) is 0.462. The summed E-state index contributed by atoms with van der Waals surface area (Å²) in [4.78, 5) is 44.9. The molecule has 2 aromatic carbocycles. The van der Waals surface area contributed by atoms with Crippen LogP contribution in [0.15, 0.2) is 48.5 Å². The van der Waals surface area contributed by atoms with Gasteiger partial charge in [0, 0.05) is 24.5 Å². The predicted octanol–water partition coefficient (Wildman–Crippen LogP) is 4.35. The fourth-order valence-electron chi connectivity index (χ4n) is 3.98. The van der Waals surface area contributed by atoms with Crippen LogP contribution in [0.1, 0.15) is 52.4 Å². The standard InChI is InChI=1S/C26H38N2O8P2/c1-3-35-38(34,36-4-2)26-16-12-14-24(20-26)28(22-30)18-10-8-6-5-7-9-17-27(21-29)23-13-11-15-25(19-23)37(31,32)33/h11-16,19-22H,3-10,17-18H2,1-2H3,(H2,31,32,33). The summed E-state index contributed by atoms with van der Waals surface area (Å²) in [5, 5.41) is 0.305. The highest BCUT2D eigenvalue weighted by molar-refractivity contribution is 7.62. The van der Waals surface area contributed by atoms with Gasteiger partial charge in [-0.05, 0) is 63.1 Å². The van der Waals surface area contributed by atoms with Gasteiger partial charge >= 0.3 is 15.2 Å². The van der Waals surface area contributed by atoms with Crippen LogP contribution in [-0.4, -0.2) is 48.9 Å². The van der Waals surface area contributed by atoms with E-state index in [4.69, 9.17) is 9.05 Å². The van der Waals surface area contributed by atoms with Crippen LogP contribution in [0.25, 0.3) is 0 Å². The van der Waals surface area contributed by atoms with E-state index in [2.05, 4.69) is 0 Å². The van der Waals surface area contributed by atoms with Gasteiger partial charge in [0.1, 0.15) is 0 Å². The molecule has 0 heterocycles. The minimum atomic E-state index is -4.38. The molecule has 0 saturated heterocycles. The second-order valence-electron chi connectivity index (χ2n) is 8.64. The predicted molar refractivity (Wildman–Crippen MR) is 150 cm³/mol. The van der Waals surface area contributed by atoms with Crippen LogP contribution in [0.3, 0.4) is 0 Å². The summed E-state index contributed by atoms with van der Waals surface area (Å²) >= 11 is 0. The molecule has 10 nitrogen and oxygen atoms in total. The van der Waals surface area contributed by atoms with Crippen LogP contribution in [0.5, 0.6) is 0 Å². The molecule has 210 valence electrons. The van der Waals surface area contributed by atoms with Crippen LogP contribution in [0.2, 0.25) is 0 Å². The van der Waals surface area contributed by atoms with E-state index in [1.54, 1.807) is 49.1 Å². The Hall–Kier alpha value is -2.32. The van der Waals surface area contributed by atoms with E-state index in [0.717, 1.165) is 44.9 Å². The van der Waals surface area contributed by atoms with Crippen LogP contribution >= 0.6 is 15.2 Å². The van der Waals surface area contributed by atoms with Crippen molar-refractivity contribution in [3.8, 4) is 0 Å². The average molecular weight is 569 g/mol. The van der Waals surface area contributed by atoms with Crippen molar-refractivity contribution in [1.29, 1.82) is 0 Å². The Bertz CT molecular complexity index is 1110. The Morgan fingerprint density at radius 3 is 1.55 bits per heavy atom. The summed E-state index contributed by atoms with van der Waals surface area (Å²) in [7, 11) is -7.82. The molecule has 2 amide bonds. The first-order chi connectivity index (χ1) is 18.2. The second-order valence-corrected chi connectivity index (χ2v) is 12.3. The van der Waals surface area contributed by atoms with Crippen molar-refractivity contribution < 1.29 is 37.6 Å². The van der Waals surface area contributed by atoms with Crippen molar-refractivity contribution in [1.82, 2.24) is 0 Å². The van der Waals surface area contributed by atoms with E-state index in [0.29, 0.717) is 36.2 Å². The smallest absolute Gasteiger partial charge is 0.321 e. The number of nitrogens with zero attached hydrogens (tertiary/aromatic N) is 2. The lowest BCUT2D eigenvalue weighted by Gasteiger charge is -2.21. The van der Waals surface area contributed by atoms with Crippen molar-refractivity contribution >= 4 is 50.0 Å². The van der Waals surface area contributed by atoms with E-state index < -0.39 is 15.2 Å². The van der Waals surface area contributed by atoms with Crippen LogP contribution in [0.4, 0.5) is 11.4 Å². The molecule has 38 heavy (non-hydrogen) atoms. The molecule has 2 rings (SSSR count). The normalized spacial score (nSPS) is 11.8. The molecule has 0 radical (unpaired) electrons. The molecule has 0 atom stereocenters. The molecule has 0 saturated carbocycles. The van der Waals surface area contributed by atoms with Crippen molar-refractivity contribution in [3.05, 3.63) is 48.5 Å². The number of unbranched alkanes of at least 4 members (excludes halogenated alkanes) is 5. The summed E-state index contributed by atoms with van der Waals surface area (Å²) in [6.07, 6.45) is 6.72. The van der Waals surface area contributed by atoms with Crippen LogP contribution in [-0.2, 0) is 27.8 Å². The van der Waals surface area contributed by atoms with E-state index >= 15 is 0 Å². The number of amides is 2. The zero-order valence-electron chi connectivity index (χ0n) is 22.0. The third kappa shape index (κ3) is 9.77. The Balaban J connectivity index is 1.77. The number of hydrogen-bond donors (Lipinski definition) is 2. The van der Waals surface area contributed by atoms with Crippen molar-refractivity contribution in [2.24, 2.45) is 0 Å². The SMILES string of the molecule is CCOP(=O)(OCC)c1cccc(N(C=O)CCCCCCCCN(C=O)c2cccc(P(=O)(O)O)c2)c1. The number of rotatable bonds is 19. The summed E-state index contributed by atoms with van der Waals surface area (Å²) < 4.78 is 35.3. The molecule has 0 fully saturated rings. The number of carbonyl (C=O) groups excluding carboxylic acids is 2. The highest BCUT2D eigenvalue weighted by atomic mass is 31.2. The fourth-order valence-corrected chi connectivity index (χ4v) is 6.17. The molecule has 0 aromatic heterocycles. The van der Waals surface area contributed by atoms with E-state index in [-0.39, 0.29) is 18.5 Å². The molecule has 2 aromatic rings. The zero-order chi connectivity index (χ0) is 28.0. The summed E-state index contributed by atoms with van der Waals surface area (Å²) in [6, 6.07) is 12.7. The Labute approximate surface area is 224 Å². The van der Waals surface area contributed by atoms with Crippen molar-refractivity contribution in [2.45, 2.75) is 52.4 Å². The highest BCUT2D eigenvalue weighted by Crippen LogP contribution is 2.47. The number of anilines is 2. The molecule has 0 aliphatic heterocycles. The minimum Gasteiger partial charge on any atom is -0.321 e. The van der Waals surface area contributed by atoms with Crippen molar-refractivity contribution in [3.63, 3.8) is 0 Å². The molecule has 0 unspecified atom stereocenters. The lowest BCUT2D eigenvalue weighted by atomic mass is 10.1. The molecule has 0 spiro atoms. The lowest BCUT2D eigenvalue weighted by molar-refractivity contribution is -0.108. The van der Waals surface area contributed by atoms with E-state index in [9.17, 15) is 28.5 Å². The van der Waals surface area contributed by atoms with Crippen LogP contribution in [0, 0.1) is 0 Å². The van der Waals surface area contributed by atoms with Crippen molar-refractivity contribution in [2.75, 3.05) is 36.1 Å².